The molecule has 0 bridgehead atoms. The fourth-order valence-electron chi connectivity index (χ4n) is 2.34. The Hall–Kier alpha value is -2.31. The molecule has 0 saturated carbocycles. The lowest BCUT2D eigenvalue weighted by molar-refractivity contribution is 0.0969. The van der Waals surface area contributed by atoms with E-state index in [2.05, 4.69) is 37.9 Å². The molecular formula is C20H22BrN3O5S2. The van der Waals surface area contributed by atoms with Crippen LogP contribution in [0.2, 0.25) is 0 Å². The second-order valence-corrected chi connectivity index (χ2v) is 9.15. The first-order valence-corrected chi connectivity index (χ1v) is 11.7. The van der Waals surface area contributed by atoms with Gasteiger partial charge in [0.15, 0.2) is 5.11 Å². The molecule has 0 atom stereocenters. The predicted octanol–water partition coefficient (Wildman–Crippen LogP) is 3.07. The minimum Gasteiger partial charge on any atom is -0.490 e. The summed E-state index contributed by atoms with van der Waals surface area (Å²) in [6, 6.07) is 11.0. The van der Waals surface area contributed by atoms with Gasteiger partial charge in [-0.15, -0.1) is 6.58 Å². The molecule has 166 valence electrons. The minimum atomic E-state index is -3.62. The highest BCUT2D eigenvalue weighted by atomic mass is 79.9. The number of hydrogen-bond donors (Lipinski definition) is 3. The van der Waals surface area contributed by atoms with Gasteiger partial charge in [-0.05, 0) is 54.7 Å². The Kier molecular flexibility index (Phi) is 9.59. The third-order valence-electron chi connectivity index (χ3n) is 3.80. The molecule has 11 heteroatoms. The Morgan fingerprint density at radius 1 is 1.19 bits per heavy atom. The van der Waals surface area contributed by atoms with Crippen LogP contribution in [0.25, 0.3) is 0 Å². The van der Waals surface area contributed by atoms with Gasteiger partial charge in [0, 0.05) is 23.8 Å². The van der Waals surface area contributed by atoms with Crippen LogP contribution in [0.4, 0.5) is 5.69 Å². The third kappa shape index (κ3) is 7.71. The lowest BCUT2D eigenvalue weighted by atomic mass is 10.2. The third-order valence-corrected chi connectivity index (χ3v) is 5.94. The van der Waals surface area contributed by atoms with Gasteiger partial charge in [0.2, 0.25) is 10.0 Å². The molecule has 2 rings (SSSR count). The number of hydrogen-bond acceptors (Lipinski definition) is 6. The summed E-state index contributed by atoms with van der Waals surface area (Å²) in [6.07, 6.45) is 1.45. The topological polar surface area (TPSA) is 106 Å². The molecule has 3 N–H and O–H groups in total. The minimum absolute atomic E-state index is 0.0493. The van der Waals surface area contributed by atoms with Crippen molar-refractivity contribution < 1.29 is 22.7 Å². The van der Waals surface area contributed by atoms with Crippen LogP contribution in [0.1, 0.15) is 10.4 Å². The quantitative estimate of drug-likeness (QED) is 0.247. The molecule has 31 heavy (non-hydrogen) atoms. The van der Waals surface area contributed by atoms with Crippen molar-refractivity contribution in [1.29, 1.82) is 0 Å². The second-order valence-electron chi connectivity index (χ2n) is 6.05. The van der Waals surface area contributed by atoms with E-state index in [4.69, 9.17) is 21.7 Å². The zero-order valence-electron chi connectivity index (χ0n) is 16.7. The first kappa shape index (κ1) is 25.0. The molecule has 0 aliphatic carbocycles. The standard InChI is InChI=1S/C20H22BrN3O5S2/c1-3-10-22-31(26,27)16-7-5-15(6-8-16)23-20(30)24-19(25)17-13-14(21)4-9-18(17)29-12-11-28-2/h3-9,13,22H,1,10-12H2,2H3,(H2,23,24,25,30). The smallest absolute Gasteiger partial charge is 0.261 e. The number of rotatable bonds is 10. The van der Waals surface area contributed by atoms with E-state index in [1.807, 2.05) is 0 Å². The largest absolute Gasteiger partial charge is 0.490 e. The van der Waals surface area contributed by atoms with Crippen molar-refractivity contribution in [2.75, 3.05) is 32.2 Å². The molecule has 0 saturated heterocycles. The fourth-order valence-corrected chi connectivity index (χ4v) is 3.91. The van der Waals surface area contributed by atoms with Crippen molar-refractivity contribution in [3.8, 4) is 5.75 Å². The summed E-state index contributed by atoms with van der Waals surface area (Å²) < 4.78 is 37.8. The normalized spacial score (nSPS) is 10.9. The number of amides is 1. The van der Waals surface area contributed by atoms with Crippen molar-refractivity contribution in [1.82, 2.24) is 10.0 Å². The van der Waals surface area contributed by atoms with E-state index in [-0.39, 0.29) is 23.2 Å². The van der Waals surface area contributed by atoms with E-state index in [1.165, 1.54) is 18.2 Å². The van der Waals surface area contributed by atoms with E-state index in [9.17, 15) is 13.2 Å². The number of carbonyl (C=O) groups is 1. The monoisotopic (exact) mass is 527 g/mol. The van der Waals surface area contributed by atoms with Gasteiger partial charge < -0.3 is 14.8 Å². The van der Waals surface area contributed by atoms with Crippen molar-refractivity contribution in [3.05, 3.63) is 65.2 Å². The zero-order chi connectivity index (χ0) is 22.9. The van der Waals surface area contributed by atoms with Crippen molar-refractivity contribution in [3.63, 3.8) is 0 Å². The molecule has 1 amide bonds. The van der Waals surface area contributed by atoms with Gasteiger partial charge in [-0.2, -0.15) is 0 Å². The Balaban J connectivity index is 2.03. The molecule has 0 spiro atoms. The van der Waals surface area contributed by atoms with Crippen LogP contribution in [0.5, 0.6) is 5.75 Å². The number of anilines is 1. The van der Waals surface area contributed by atoms with E-state index >= 15 is 0 Å². The summed E-state index contributed by atoms with van der Waals surface area (Å²) in [7, 11) is -2.06. The lowest BCUT2D eigenvalue weighted by Crippen LogP contribution is -2.34. The molecule has 2 aromatic rings. The van der Waals surface area contributed by atoms with Crippen molar-refractivity contribution >= 4 is 54.9 Å². The molecule has 0 aliphatic rings. The van der Waals surface area contributed by atoms with E-state index in [0.717, 1.165) is 0 Å². The highest BCUT2D eigenvalue weighted by molar-refractivity contribution is 9.10. The number of sulfonamides is 1. The first-order chi connectivity index (χ1) is 14.8. The summed E-state index contributed by atoms with van der Waals surface area (Å²) in [4.78, 5) is 12.8. The Morgan fingerprint density at radius 3 is 2.55 bits per heavy atom. The van der Waals surface area contributed by atoms with Crippen molar-refractivity contribution in [2.45, 2.75) is 4.90 Å². The van der Waals surface area contributed by atoms with E-state index in [1.54, 1.807) is 37.4 Å². The number of ether oxygens (including phenoxy) is 2. The molecule has 0 radical (unpaired) electrons. The van der Waals surface area contributed by atoms with Gasteiger partial charge in [-0.1, -0.05) is 22.0 Å². The van der Waals surface area contributed by atoms with Crippen LogP contribution in [0, 0.1) is 0 Å². The second kappa shape index (κ2) is 11.9. The highest BCUT2D eigenvalue weighted by Gasteiger charge is 2.16. The molecule has 0 unspecified atom stereocenters. The summed E-state index contributed by atoms with van der Waals surface area (Å²) in [6.45, 7) is 4.28. The fraction of sp³-hybridized carbons (Fsp3) is 0.200. The summed E-state index contributed by atoms with van der Waals surface area (Å²) in [5.41, 5.74) is 0.808. The predicted molar refractivity (Wildman–Crippen MR) is 127 cm³/mol. The number of benzene rings is 2. The van der Waals surface area contributed by atoms with Crippen LogP contribution in [0.15, 0.2) is 64.5 Å². The summed E-state index contributed by atoms with van der Waals surface area (Å²) in [5.74, 6) is -0.0684. The number of nitrogens with one attached hydrogen (secondary N) is 3. The molecule has 0 aliphatic heterocycles. The molecule has 0 heterocycles. The molecular weight excluding hydrogens is 506 g/mol. The van der Waals surface area contributed by atoms with Crippen molar-refractivity contribution in [2.24, 2.45) is 0 Å². The van der Waals surface area contributed by atoms with Crippen LogP contribution in [0.3, 0.4) is 0 Å². The van der Waals surface area contributed by atoms with Crippen LogP contribution >= 0.6 is 28.1 Å². The Morgan fingerprint density at radius 2 is 1.90 bits per heavy atom. The van der Waals surface area contributed by atoms with Gasteiger partial charge in [-0.25, -0.2) is 13.1 Å². The number of halogens is 1. The van der Waals surface area contributed by atoms with Gasteiger partial charge >= 0.3 is 0 Å². The van der Waals surface area contributed by atoms with Crippen LogP contribution in [-0.4, -0.2) is 46.3 Å². The highest BCUT2D eigenvalue weighted by Crippen LogP contribution is 2.23. The molecule has 0 fully saturated rings. The van der Waals surface area contributed by atoms with Gasteiger partial charge in [-0.3, -0.25) is 10.1 Å². The molecule has 0 aromatic heterocycles. The summed E-state index contributed by atoms with van der Waals surface area (Å²) >= 11 is 8.54. The average molecular weight is 528 g/mol. The van der Waals surface area contributed by atoms with Gasteiger partial charge in [0.1, 0.15) is 12.4 Å². The van der Waals surface area contributed by atoms with Crippen LogP contribution in [-0.2, 0) is 14.8 Å². The first-order valence-electron chi connectivity index (χ1n) is 9.01. The van der Waals surface area contributed by atoms with E-state index in [0.29, 0.717) is 28.1 Å². The maximum absolute atomic E-state index is 12.7. The van der Waals surface area contributed by atoms with E-state index < -0.39 is 15.9 Å². The average Bonchev–Trinajstić information content (AvgIpc) is 2.73. The summed E-state index contributed by atoms with van der Waals surface area (Å²) in [5, 5.41) is 5.48. The van der Waals surface area contributed by atoms with Crippen LogP contribution < -0.4 is 20.1 Å². The zero-order valence-corrected chi connectivity index (χ0v) is 19.9. The molecule has 2 aromatic carbocycles. The lowest BCUT2D eigenvalue weighted by Gasteiger charge is -2.14. The molecule has 8 nitrogen and oxygen atoms in total. The van der Waals surface area contributed by atoms with Gasteiger partial charge in [0.05, 0.1) is 17.1 Å². The maximum Gasteiger partial charge on any atom is 0.261 e. The van der Waals surface area contributed by atoms with Gasteiger partial charge in [0.25, 0.3) is 5.91 Å². The number of carbonyl (C=O) groups excluding carboxylic acids is 1. The maximum atomic E-state index is 12.7. The number of thiocarbonyl (C=S) groups is 1. The number of methoxy groups -OCH3 is 1. The Labute approximate surface area is 195 Å². The SMILES string of the molecule is C=CCNS(=O)(=O)c1ccc(NC(=S)NC(=O)c2cc(Br)ccc2OCCOC)cc1. The Bertz CT molecular complexity index is 1040.